The first-order valence-corrected chi connectivity index (χ1v) is 4.94. The summed E-state index contributed by atoms with van der Waals surface area (Å²) in [6, 6.07) is 8.29. The Bertz CT molecular complexity index is 199. The molecule has 0 heterocycles. The zero-order valence-electron chi connectivity index (χ0n) is 8.33. The maximum atomic E-state index is 4.20. The summed E-state index contributed by atoms with van der Waals surface area (Å²) in [6.07, 6.45) is 0. The van der Waals surface area contributed by atoms with Crippen LogP contribution in [-0.4, -0.2) is 0 Å². The van der Waals surface area contributed by atoms with Crippen LogP contribution in [0.5, 0.6) is 0 Å². The van der Waals surface area contributed by atoms with Crippen LogP contribution >= 0.6 is 12.6 Å². The van der Waals surface area contributed by atoms with Crippen molar-refractivity contribution in [2.45, 2.75) is 38.5 Å². The van der Waals surface area contributed by atoms with Gasteiger partial charge in [0, 0.05) is 4.90 Å². The molecule has 0 bridgehead atoms. The van der Waals surface area contributed by atoms with Crippen LogP contribution in [0.25, 0.3) is 0 Å². The monoisotopic (exact) mass is 182 g/mol. The van der Waals surface area contributed by atoms with Crippen LogP contribution in [0.1, 0.15) is 39.2 Å². The van der Waals surface area contributed by atoms with Gasteiger partial charge < -0.3 is 0 Å². The van der Waals surface area contributed by atoms with Crippen LogP contribution < -0.4 is 0 Å². The van der Waals surface area contributed by atoms with Crippen molar-refractivity contribution in [1.29, 1.82) is 0 Å². The molecule has 0 saturated heterocycles. The topological polar surface area (TPSA) is 0 Å². The summed E-state index contributed by atoms with van der Waals surface area (Å²) < 4.78 is 0. The summed E-state index contributed by atoms with van der Waals surface area (Å²) in [5.41, 5.74) is 1.37. The SMILES string of the molecule is CC.CC(C)c1ccc(S)cc1. The fourth-order valence-corrected chi connectivity index (χ4v) is 1.01. The van der Waals surface area contributed by atoms with Crippen LogP contribution in [0.15, 0.2) is 29.2 Å². The predicted octanol–water partition coefficient (Wildman–Crippen LogP) is 4.12. The van der Waals surface area contributed by atoms with Crippen LogP contribution in [-0.2, 0) is 0 Å². The molecule has 0 spiro atoms. The van der Waals surface area contributed by atoms with Gasteiger partial charge in [0.2, 0.25) is 0 Å². The Balaban J connectivity index is 0.000000561. The summed E-state index contributed by atoms with van der Waals surface area (Å²) >= 11 is 4.20. The van der Waals surface area contributed by atoms with Crippen LogP contribution in [0.4, 0.5) is 0 Å². The molecule has 68 valence electrons. The highest BCUT2D eigenvalue weighted by molar-refractivity contribution is 7.80. The number of hydrogen-bond acceptors (Lipinski definition) is 1. The van der Waals surface area contributed by atoms with E-state index in [2.05, 4.69) is 38.6 Å². The smallest absolute Gasteiger partial charge is 0.00401 e. The lowest BCUT2D eigenvalue weighted by molar-refractivity contribution is 0.865. The van der Waals surface area contributed by atoms with E-state index in [0.717, 1.165) is 4.90 Å². The van der Waals surface area contributed by atoms with Crippen molar-refractivity contribution in [3.05, 3.63) is 29.8 Å². The minimum absolute atomic E-state index is 0.619. The molecule has 0 unspecified atom stereocenters. The van der Waals surface area contributed by atoms with Crippen LogP contribution in [0.3, 0.4) is 0 Å². The third-order valence-corrected chi connectivity index (χ3v) is 1.86. The zero-order valence-corrected chi connectivity index (χ0v) is 9.23. The molecule has 1 rings (SSSR count). The van der Waals surface area contributed by atoms with E-state index in [4.69, 9.17) is 0 Å². The summed E-state index contributed by atoms with van der Waals surface area (Å²) in [4.78, 5) is 1.03. The van der Waals surface area contributed by atoms with Gasteiger partial charge in [0.15, 0.2) is 0 Å². The first kappa shape index (κ1) is 11.6. The summed E-state index contributed by atoms with van der Waals surface area (Å²) in [6.45, 7) is 8.38. The van der Waals surface area contributed by atoms with E-state index < -0.39 is 0 Å². The van der Waals surface area contributed by atoms with E-state index in [1.54, 1.807) is 0 Å². The molecule has 1 heteroatoms. The van der Waals surface area contributed by atoms with E-state index in [1.165, 1.54) is 5.56 Å². The lowest BCUT2D eigenvalue weighted by Crippen LogP contribution is -1.84. The second-order valence-electron chi connectivity index (χ2n) is 2.75. The Labute approximate surface area is 81.4 Å². The van der Waals surface area contributed by atoms with Gasteiger partial charge in [-0.1, -0.05) is 39.8 Å². The molecule has 0 aliphatic heterocycles. The van der Waals surface area contributed by atoms with Crippen molar-refractivity contribution in [2.24, 2.45) is 0 Å². The molecular weight excluding hydrogens is 164 g/mol. The average Bonchev–Trinajstić information content (AvgIpc) is 2.09. The second kappa shape index (κ2) is 6.13. The molecule has 1 aromatic rings. The van der Waals surface area contributed by atoms with Gasteiger partial charge in [0.05, 0.1) is 0 Å². The molecule has 0 nitrogen and oxygen atoms in total. The van der Waals surface area contributed by atoms with Crippen molar-refractivity contribution in [3.8, 4) is 0 Å². The van der Waals surface area contributed by atoms with Crippen molar-refractivity contribution < 1.29 is 0 Å². The number of thiol groups is 1. The predicted molar refractivity (Wildman–Crippen MR) is 59.1 cm³/mol. The summed E-state index contributed by atoms with van der Waals surface area (Å²) in [5.74, 6) is 0.619. The molecule has 0 amide bonds. The maximum Gasteiger partial charge on any atom is 0.00401 e. The summed E-state index contributed by atoms with van der Waals surface area (Å²) in [7, 11) is 0. The molecule has 0 aliphatic rings. The van der Waals surface area contributed by atoms with Gasteiger partial charge in [-0.2, -0.15) is 0 Å². The first-order chi connectivity index (χ1) is 5.70. The van der Waals surface area contributed by atoms with Crippen molar-refractivity contribution >= 4 is 12.6 Å². The Morgan fingerprint density at radius 1 is 1.00 bits per heavy atom. The van der Waals surface area contributed by atoms with Gasteiger partial charge in [0.25, 0.3) is 0 Å². The number of hydrogen-bond donors (Lipinski definition) is 1. The molecule has 0 aliphatic carbocycles. The van der Waals surface area contributed by atoms with E-state index in [0.29, 0.717) is 5.92 Å². The third kappa shape index (κ3) is 3.82. The Hall–Kier alpha value is -0.430. The largest absolute Gasteiger partial charge is 0.143 e. The maximum absolute atomic E-state index is 4.20. The standard InChI is InChI=1S/C9H12S.C2H6/c1-7(2)8-3-5-9(10)6-4-8;1-2/h3-7,10H,1-2H3;1-2H3. The third-order valence-electron chi connectivity index (χ3n) is 1.56. The highest BCUT2D eigenvalue weighted by Gasteiger charge is 1.95. The van der Waals surface area contributed by atoms with Crippen molar-refractivity contribution in [3.63, 3.8) is 0 Å². The van der Waals surface area contributed by atoms with Gasteiger partial charge in [-0.15, -0.1) is 12.6 Å². The Kier molecular flexibility index (Phi) is 5.91. The highest BCUT2D eigenvalue weighted by atomic mass is 32.1. The molecule has 12 heavy (non-hydrogen) atoms. The van der Waals surface area contributed by atoms with Crippen molar-refractivity contribution in [1.82, 2.24) is 0 Å². The quantitative estimate of drug-likeness (QED) is 0.620. The summed E-state index contributed by atoms with van der Waals surface area (Å²) in [5, 5.41) is 0. The van der Waals surface area contributed by atoms with Crippen LogP contribution in [0.2, 0.25) is 0 Å². The zero-order chi connectivity index (χ0) is 9.56. The van der Waals surface area contributed by atoms with Crippen molar-refractivity contribution in [2.75, 3.05) is 0 Å². The Morgan fingerprint density at radius 3 is 1.75 bits per heavy atom. The lowest BCUT2D eigenvalue weighted by Gasteiger charge is -2.03. The average molecular weight is 182 g/mol. The van der Waals surface area contributed by atoms with E-state index in [9.17, 15) is 0 Å². The van der Waals surface area contributed by atoms with E-state index in [1.807, 2.05) is 26.0 Å². The normalized spacial score (nSPS) is 9.17. The van der Waals surface area contributed by atoms with Gasteiger partial charge >= 0.3 is 0 Å². The lowest BCUT2D eigenvalue weighted by atomic mass is 10.0. The fraction of sp³-hybridized carbons (Fsp3) is 0.455. The van der Waals surface area contributed by atoms with E-state index >= 15 is 0 Å². The van der Waals surface area contributed by atoms with Gasteiger partial charge in [0.1, 0.15) is 0 Å². The minimum atomic E-state index is 0.619. The Morgan fingerprint density at radius 2 is 1.42 bits per heavy atom. The highest BCUT2D eigenvalue weighted by Crippen LogP contribution is 2.15. The molecule has 0 radical (unpaired) electrons. The molecule has 1 aromatic carbocycles. The van der Waals surface area contributed by atoms with E-state index in [-0.39, 0.29) is 0 Å². The van der Waals surface area contributed by atoms with Gasteiger partial charge in [-0.3, -0.25) is 0 Å². The molecule has 0 saturated carbocycles. The molecule has 0 atom stereocenters. The van der Waals surface area contributed by atoms with Gasteiger partial charge in [-0.25, -0.2) is 0 Å². The van der Waals surface area contributed by atoms with Crippen LogP contribution in [0, 0.1) is 0 Å². The molecule has 0 fully saturated rings. The second-order valence-corrected chi connectivity index (χ2v) is 3.26. The first-order valence-electron chi connectivity index (χ1n) is 4.49. The molecule has 0 aromatic heterocycles. The minimum Gasteiger partial charge on any atom is -0.143 e. The number of rotatable bonds is 1. The molecular formula is C11H18S. The molecule has 0 N–H and O–H groups in total. The fourth-order valence-electron chi connectivity index (χ4n) is 0.859. The van der Waals surface area contributed by atoms with Gasteiger partial charge in [-0.05, 0) is 23.6 Å². The number of benzene rings is 1.